The van der Waals surface area contributed by atoms with Crippen molar-refractivity contribution in [2.24, 2.45) is 0 Å². The van der Waals surface area contributed by atoms with E-state index in [0.29, 0.717) is 29.5 Å². The molecule has 1 aromatic rings. The predicted octanol–water partition coefficient (Wildman–Crippen LogP) is 1.35. The summed E-state index contributed by atoms with van der Waals surface area (Å²) < 4.78 is 4.87. The molecule has 0 spiro atoms. The quantitative estimate of drug-likeness (QED) is 0.445. The fraction of sp³-hybridized carbons (Fsp3) is 0.231. The zero-order valence-corrected chi connectivity index (χ0v) is 11.6. The second-order valence-corrected chi connectivity index (χ2v) is 4.54. The van der Waals surface area contributed by atoms with Gasteiger partial charge >= 0.3 is 0 Å². The Kier molecular flexibility index (Phi) is 4.60. The van der Waals surface area contributed by atoms with Gasteiger partial charge in [0.25, 0.3) is 11.8 Å². The molecule has 0 unspecified atom stereocenters. The summed E-state index contributed by atoms with van der Waals surface area (Å²) in [6.07, 6.45) is 1.37. The number of methoxy groups -OCH3 is 1. The lowest BCUT2D eigenvalue weighted by Gasteiger charge is -2.05. The molecule has 2 rings (SSSR count). The molecule has 0 aromatic heterocycles. The molecule has 20 heavy (non-hydrogen) atoms. The Hall–Kier alpha value is -2.05. The maximum Gasteiger partial charge on any atom is 0.262 e. The Bertz CT molecular complexity index is 572. The molecular formula is C13H14ClN3O3. The first kappa shape index (κ1) is 14.4. The monoisotopic (exact) mass is 295 g/mol. The first-order chi connectivity index (χ1) is 9.61. The van der Waals surface area contributed by atoms with Crippen molar-refractivity contribution in [3.63, 3.8) is 0 Å². The molecular weight excluding hydrogens is 282 g/mol. The van der Waals surface area contributed by atoms with E-state index in [1.54, 1.807) is 25.3 Å². The molecule has 7 heteroatoms. The highest BCUT2D eigenvalue weighted by Gasteiger charge is 2.24. The lowest BCUT2D eigenvalue weighted by molar-refractivity contribution is -0.118. The highest BCUT2D eigenvalue weighted by Crippen LogP contribution is 2.28. The number of amides is 2. The number of hydrogen-bond acceptors (Lipinski definition) is 4. The van der Waals surface area contributed by atoms with Gasteiger partial charge in [-0.2, -0.15) is 0 Å². The van der Waals surface area contributed by atoms with Gasteiger partial charge in [-0.15, -0.1) is 0 Å². The average molecular weight is 296 g/mol. The lowest BCUT2D eigenvalue weighted by atomic mass is 10.2. The molecule has 0 bridgehead atoms. The van der Waals surface area contributed by atoms with Crippen LogP contribution in [0, 0.1) is 0 Å². The van der Waals surface area contributed by atoms with Crippen LogP contribution < -0.4 is 16.0 Å². The summed E-state index contributed by atoms with van der Waals surface area (Å²) >= 11 is 5.86. The van der Waals surface area contributed by atoms with Gasteiger partial charge in [0.2, 0.25) is 0 Å². The van der Waals surface area contributed by atoms with Crippen LogP contribution in [-0.2, 0) is 14.3 Å². The first-order valence-electron chi connectivity index (χ1n) is 5.96. The van der Waals surface area contributed by atoms with Crippen molar-refractivity contribution in [3.8, 4) is 0 Å². The van der Waals surface area contributed by atoms with E-state index < -0.39 is 11.8 Å². The van der Waals surface area contributed by atoms with Gasteiger partial charge in [-0.25, -0.2) is 0 Å². The number of carbonyl (C=O) groups excluding carboxylic acids is 2. The van der Waals surface area contributed by atoms with Crippen LogP contribution in [0.1, 0.15) is 0 Å². The third kappa shape index (κ3) is 3.28. The first-order valence-corrected chi connectivity index (χ1v) is 6.34. The average Bonchev–Trinajstić information content (AvgIpc) is 2.52. The normalized spacial score (nSPS) is 16.2. The fourth-order valence-corrected chi connectivity index (χ4v) is 1.85. The second-order valence-electron chi connectivity index (χ2n) is 4.10. The van der Waals surface area contributed by atoms with Crippen LogP contribution in [0.25, 0.3) is 0 Å². The number of nitrogens with one attached hydrogen (secondary N) is 3. The van der Waals surface area contributed by atoms with Crippen LogP contribution >= 0.6 is 11.6 Å². The van der Waals surface area contributed by atoms with Crippen LogP contribution in [0.5, 0.6) is 0 Å². The zero-order chi connectivity index (χ0) is 14.5. The number of hydrogen-bond donors (Lipinski definition) is 3. The van der Waals surface area contributed by atoms with Crippen molar-refractivity contribution < 1.29 is 14.3 Å². The van der Waals surface area contributed by atoms with Crippen molar-refractivity contribution in [3.05, 3.63) is 35.0 Å². The SMILES string of the molecule is COCCN/C=C1\C(=O)Nc2ccc(Cl)cc2NC1=O. The van der Waals surface area contributed by atoms with Crippen molar-refractivity contribution in [2.75, 3.05) is 30.9 Å². The van der Waals surface area contributed by atoms with Crippen molar-refractivity contribution in [1.29, 1.82) is 0 Å². The minimum atomic E-state index is -0.492. The molecule has 0 saturated carbocycles. The summed E-state index contributed by atoms with van der Waals surface area (Å²) in [5, 5.41) is 8.61. The van der Waals surface area contributed by atoms with Crippen molar-refractivity contribution >= 4 is 34.8 Å². The Morgan fingerprint density at radius 1 is 1.25 bits per heavy atom. The van der Waals surface area contributed by atoms with Gasteiger partial charge in [-0.1, -0.05) is 11.6 Å². The van der Waals surface area contributed by atoms with Gasteiger partial charge in [0.15, 0.2) is 0 Å². The Morgan fingerprint density at radius 2 is 1.95 bits per heavy atom. The molecule has 0 atom stereocenters. The molecule has 0 radical (unpaired) electrons. The van der Waals surface area contributed by atoms with Gasteiger partial charge in [0, 0.05) is 24.9 Å². The standard InChI is InChI=1S/C13H14ClN3O3/c1-20-5-4-15-7-9-12(18)16-10-3-2-8(14)6-11(10)17-13(9)19/h2-3,6-7,15H,4-5H2,1H3,(H,16,18)(H,17,19)/b9-7+. The Morgan fingerprint density at radius 3 is 2.65 bits per heavy atom. The number of fused-ring (bicyclic) bond motifs is 1. The van der Waals surface area contributed by atoms with E-state index in [0.717, 1.165) is 0 Å². The summed E-state index contributed by atoms with van der Waals surface area (Å²) in [5.41, 5.74) is 0.970. The van der Waals surface area contributed by atoms with E-state index >= 15 is 0 Å². The number of benzene rings is 1. The molecule has 0 saturated heterocycles. The Labute approximate surface area is 121 Å². The predicted molar refractivity (Wildman–Crippen MR) is 76.7 cm³/mol. The molecule has 1 aromatic carbocycles. The van der Waals surface area contributed by atoms with E-state index in [1.807, 2.05) is 0 Å². The molecule has 1 heterocycles. The minimum absolute atomic E-state index is 0.00609. The summed E-state index contributed by atoms with van der Waals surface area (Å²) in [7, 11) is 1.57. The van der Waals surface area contributed by atoms with Crippen LogP contribution in [0.2, 0.25) is 5.02 Å². The van der Waals surface area contributed by atoms with Crippen LogP contribution in [-0.4, -0.2) is 32.1 Å². The molecule has 6 nitrogen and oxygen atoms in total. The summed E-state index contributed by atoms with van der Waals surface area (Å²) in [6, 6.07) is 4.85. The number of anilines is 2. The zero-order valence-electron chi connectivity index (χ0n) is 10.8. The largest absolute Gasteiger partial charge is 0.388 e. The number of carbonyl (C=O) groups is 2. The number of ether oxygens (including phenoxy) is 1. The van der Waals surface area contributed by atoms with E-state index in [4.69, 9.17) is 16.3 Å². The van der Waals surface area contributed by atoms with E-state index in [1.165, 1.54) is 6.20 Å². The highest BCUT2D eigenvalue weighted by atomic mass is 35.5. The van der Waals surface area contributed by atoms with Gasteiger partial charge < -0.3 is 20.7 Å². The topological polar surface area (TPSA) is 79.5 Å². The van der Waals surface area contributed by atoms with E-state index in [9.17, 15) is 9.59 Å². The number of halogens is 1. The number of rotatable bonds is 4. The molecule has 1 aliphatic heterocycles. The highest BCUT2D eigenvalue weighted by molar-refractivity contribution is 6.32. The molecule has 1 aliphatic rings. The third-order valence-corrected chi connectivity index (χ3v) is 2.90. The molecule has 0 fully saturated rings. The van der Waals surface area contributed by atoms with Crippen LogP contribution in [0.15, 0.2) is 30.0 Å². The molecule has 106 valence electrons. The van der Waals surface area contributed by atoms with Crippen molar-refractivity contribution in [2.45, 2.75) is 0 Å². The van der Waals surface area contributed by atoms with Gasteiger partial charge in [-0.3, -0.25) is 9.59 Å². The van der Waals surface area contributed by atoms with Gasteiger partial charge in [0.05, 0.1) is 18.0 Å². The molecule has 3 N–H and O–H groups in total. The second kappa shape index (κ2) is 6.40. The summed E-state index contributed by atoms with van der Waals surface area (Å²) in [4.78, 5) is 24.0. The summed E-state index contributed by atoms with van der Waals surface area (Å²) in [6.45, 7) is 0.974. The van der Waals surface area contributed by atoms with E-state index in [2.05, 4.69) is 16.0 Å². The molecule has 0 aliphatic carbocycles. The van der Waals surface area contributed by atoms with Gasteiger partial charge in [0.1, 0.15) is 5.57 Å². The van der Waals surface area contributed by atoms with Gasteiger partial charge in [-0.05, 0) is 18.2 Å². The minimum Gasteiger partial charge on any atom is -0.388 e. The van der Waals surface area contributed by atoms with E-state index in [-0.39, 0.29) is 5.57 Å². The fourth-order valence-electron chi connectivity index (χ4n) is 1.68. The third-order valence-electron chi connectivity index (χ3n) is 2.66. The smallest absolute Gasteiger partial charge is 0.262 e. The maximum atomic E-state index is 12.0. The lowest BCUT2D eigenvalue weighted by Crippen LogP contribution is -2.24. The molecule has 2 amide bonds. The van der Waals surface area contributed by atoms with Crippen LogP contribution in [0.4, 0.5) is 11.4 Å². The maximum absolute atomic E-state index is 12.0. The summed E-state index contributed by atoms with van der Waals surface area (Å²) in [5.74, 6) is -0.970. The Balaban J connectivity index is 2.19. The van der Waals surface area contributed by atoms with Crippen molar-refractivity contribution in [1.82, 2.24) is 5.32 Å². The van der Waals surface area contributed by atoms with Crippen LogP contribution in [0.3, 0.4) is 0 Å².